The number of hydrogen-bond donors (Lipinski definition) is 0. The minimum absolute atomic E-state index is 1.34. The molecule has 0 heterocycles. The van der Waals surface area contributed by atoms with Gasteiger partial charge in [0.2, 0.25) is 0 Å². The van der Waals surface area contributed by atoms with Gasteiger partial charge in [0.1, 0.15) is 0 Å². The van der Waals surface area contributed by atoms with Crippen LogP contribution in [0.2, 0.25) is 0 Å². The average Bonchev–Trinajstić information content (AvgIpc) is 2.61. The van der Waals surface area contributed by atoms with E-state index in [0.717, 1.165) is 0 Å². The summed E-state index contributed by atoms with van der Waals surface area (Å²) in [6.07, 6.45) is -53.6. The van der Waals surface area contributed by atoms with E-state index < -0.39 is 73.1 Å². The summed E-state index contributed by atoms with van der Waals surface area (Å²) in [5.74, 6) is -9.74. The van der Waals surface area contributed by atoms with Crippen LogP contribution in [0, 0.1) is 0 Å². The smallest absolute Gasteiger partial charge is 0.250 e. The third-order valence-electron chi connectivity index (χ3n) is 2.80. The number of ether oxygens (including phenoxy) is 5. The third kappa shape index (κ3) is 9.41. The molecule has 0 aromatic rings. The first kappa shape index (κ1) is 36.7. The van der Waals surface area contributed by atoms with Crippen molar-refractivity contribution in [3.05, 3.63) is 23.8 Å². The Balaban J connectivity index is 7.00. The van der Waals surface area contributed by atoms with Gasteiger partial charge in [0, 0.05) is 0 Å². The third-order valence-corrected chi connectivity index (χ3v) is 2.80. The van der Waals surface area contributed by atoms with E-state index in [0.29, 0.717) is 0 Å². The SMILES string of the molecule is FC(F)=C(F)C(F)(OC(F)(OC(F)(F)C(F)(F)OC(F)(F)F)C(F)=C(F)F)OC(F)(F)C(F)(F)OC(F)(F)F. The second-order valence-corrected chi connectivity index (χ2v) is 5.69. The topological polar surface area (TPSA) is 46.2 Å². The van der Waals surface area contributed by atoms with Crippen LogP contribution in [0.5, 0.6) is 0 Å². The van der Waals surface area contributed by atoms with E-state index in [1.807, 2.05) is 4.74 Å². The first-order valence-corrected chi connectivity index (χ1v) is 7.70. The van der Waals surface area contributed by atoms with Crippen molar-refractivity contribution in [3.8, 4) is 0 Å². The van der Waals surface area contributed by atoms with Crippen LogP contribution in [0.15, 0.2) is 23.8 Å². The van der Waals surface area contributed by atoms with Crippen molar-refractivity contribution in [2.75, 3.05) is 0 Å². The Morgan fingerprint density at radius 2 is 0.513 bits per heavy atom. The molecule has 0 spiro atoms. The van der Waals surface area contributed by atoms with Gasteiger partial charge in [-0.15, -0.1) is 26.3 Å². The lowest BCUT2D eigenvalue weighted by Crippen LogP contribution is -2.57. The number of alkyl halides is 16. The van der Waals surface area contributed by atoms with E-state index in [4.69, 9.17) is 0 Å². The van der Waals surface area contributed by atoms with Crippen LogP contribution in [-0.4, -0.2) is 49.2 Å². The van der Waals surface area contributed by atoms with Gasteiger partial charge in [0.05, 0.1) is 0 Å². The number of halogens is 22. The van der Waals surface area contributed by atoms with Gasteiger partial charge in [0.25, 0.3) is 11.7 Å². The summed E-state index contributed by atoms with van der Waals surface area (Å²) >= 11 is 0. The Labute approximate surface area is 195 Å². The molecule has 5 nitrogen and oxygen atoms in total. The molecule has 0 amide bonds. The molecule has 2 atom stereocenters. The van der Waals surface area contributed by atoms with Crippen LogP contribution in [0.1, 0.15) is 0 Å². The van der Waals surface area contributed by atoms with Crippen molar-refractivity contribution in [1.29, 1.82) is 0 Å². The van der Waals surface area contributed by atoms with Gasteiger partial charge in [0.15, 0.2) is 0 Å². The van der Waals surface area contributed by atoms with Crippen LogP contribution in [0.3, 0.4) is 0 Å². The average molecular weight is 642 g/mol. The summed E-state index contributed by atoms with van der Waals surface area (Å²) in [7, 11) is 0. The lowest BCUT2D eigenvalue weighted by Gasteiger charge is -2.36. The zero-order valence-corrected chi connectivity index (χ0v) is 16.4. The molecule has 0 aliphatic rings. The molecule has 0 aliphatic heterocycles. The molecule has 0 bridgehead atoms. The molecule has 2 unspecified atom stereocenters. The molecule has 0 N–H and O–H groups in total. The first-order valence-electron chi connectivity index (χ1n) is 7.70. The number of hydrogen-bond acceptors (Lipinski definition) is 5. The maximum Gasteiger partial charge on any atom is 0.527 e. The molecule has 232 valence electrons. The van der Waals surface area contributed by atoms with Crippen LogP contribution in [0.25, 0.3) is 0 Å². The first-order chi connectivity index (χ1) is 16.7. The second-order valence-electron chi connectivity index (χ2n) is 5.69. The number of rotatable bonds is 12. The highest BCUT2D eigenvalue weighted by atomic mass is 19.4. The summed E-state index contributed by atoms with van der Waals surface area (Å²) in [5, 5.41) is 0. The largest absolute Gasteiger partial charge is 0.527 e. The van der Waals surface area contributed by atoms with Gasteiger partial charge in [-0.2, -0.15) is 70.2 Å². The summed E-state index contributed by atoms with van der Waals surface area (Å²) in [6, 6.07) is -14.8. The van der Waals surface area contributed by atoms with Crippen molar-refractivity contribution in [2.24, 2.45) is 0 Å². The highest BCUT2D eigenvalue weighted by Gasteiger charge is 2.73. The van der Waals surface area contributed by atoms with Crippen molar-refractivity contribution < 1.29 is 120 Å². The van der Waals surface area contributed by atoms with Gasteiger partial charge in [-0.3, -0.25) is 4.74 Å². The van der Waals surface area contributed by atoms with Crippen LogP contribution in [0.4, 0.5) is 96.6 Å². The van der Waals surface area contributed by atoms with Gasteiger partial charge >= 0.3 is 61.4 Å². The van der Waals surface area contributed by atoms with Crippen LogP contribution >= 0.6 is 0 Å². The summed E-state index contributed by atoms with van der Waals surface area (Å²) in [6.45, 7) is 0. The van der Waals surface area contributed by atoms with Crippen LogP contribution < -0.4 is 0 Å². The lowest BCUT2D eigenvalue weighted by molar-refractivity contribution is -0.571. The van der Waals surface area contributed by atoms with E-state index in [2.05, 4.69) is 0 Å². The fourth-order valence-corrected chi connectivity index (χ4v) is 1.47. The van der Waals surface area contributed by atoms with Crippen molar-refractivity contribution in [3.63, 3.8) is 0 Å². The Bertz CT molecular complexity index is 855. The van der Waals surface area contributed by atoms with E-state index in [1.165, 1.54) is 9.47 Å². The maximum absolute atomic E-state index is 14.3. The van der Waals surface area contributed by atoms with Crippen molar-refractivity contribution in [2.45, 2.75) is 49.2 Å². The highest BCUT2D eigenvalue weighted by Crippen LogP contribution is 2.51. The Morgan fingerprint density at radius 1 is 0.308 bits per heavy atom. The normalized spacial score (nSPS) is 17.4. The quantitative estimate of drug-likeness (QED) is 0.160. The zero-order valence-electron chi connectivity index (χ0n) is 16.4. The molecule has 27 heteroatoms. The van der Waals surface area contributed by atoms with E-state index >= 15 is 0 Å². The molecular weight excluding hydrogens is 642 g/mol. The van der Waals surface area contributed by atoms with Gasteiger partial charge in [-0.1, -0.05) is 0 Å². The Hall–Kier alpha value is -2.26. The van der Waals surface area contributed by atoms with Crippen molar-refractivity contribution in [1.82, 2.24) is 0 Å². The molecule has 0 saturated heterocycles. The van der Waals surface area contributed by atoms with E-state index in [9.17, 15) is 96.6 Å². The van der Waals surface area contributed by atoms with Gasteiger partial charge in [-0.05, 0) is 0 Å². The van der Waals surface area contributed by atoms with E-state index in [-0.39, 0.29) is 0 Å². The molecule has 0 radical (unpaired) electrons. The van der Waals surface area contributed by atoms with Gasteiger partial charge in [-0.25, -0.2) is 18.9 Å². The van der Waals surface area contributed by atoms with Crippen molar-refractivity contribution >= 4 is 0 Å². The highest BCUT2D eigenvalue weighted by molar-refractivity contribution is 5.07. The Kier molecular flexibility index (Phi) is 10.3. The summed E-state index contributed by atoms with van der Waals surface area (Å²) < 4.78 is 288. The van der Waals surface area contributed by atoms with Crippen LogP contribution in [-0.2, 0) is 23.7 Å². The standard InChI is InChI=1S/C12F22O5/c13-1(3(15)16)5(19,36-7(21,22)9(25,26)38-11(29,30)31)35-6(20,2(14)4(17)18)37-8(23,24)10(27,28)39-12(32,33)34. The predicted octanol–water partition coefficient (Wildman–Crippen LogP) is 7.88. The Morgan fingerprint density at radius 3 is 0.692 bits per heavy atom. The fraction of sp³-hybridized carbons (Fsp3) is 0.667. The molecule has 0 aromatic carbocycles. The monoisotopic (exact) mass is 642 g/mol. The molecule has 0 aromatic heterocycles. The molecule has 0 aliphatic carbocycles. The fourth-order valence-electron chi connectivity index (χ4n) is 1.47. The summed E-state index contributed by atoms with van der Waals surface area (Å²) in [4.78, 5) is 0. The minimum Gasteiger partial charge on any atom is -0.250 e. The predicted molar refractivity (Wildman–Crippen MR) is 65.7 cm³/mol. The molecule has 0 rings (SSSR count). The lowest BCUT2D eigenvalue weighted by atomic mass is 10.4. The molecule has 0 saturated carbocycles. The zero-order chi connectivity index (χ0) is 31.8. The second kappa shape index (κ2) is 11.0. The van der Waals surface area contributed by atoms with Gasteiger partial charge < -0.3 is 0 Å². The molecule has 39 heavy (non-hydrogen) atoms. The summed E-state index contributed by atoms with van der Waals surface area (Å²) in [5.41, 5.74) is 0. The molecular formula is C12F22O5. The van der Waals surface area contributed by atoms with E-state index in [1.54, 1.807) is 9.47 Å². The minimum atomic E-state index is -7.69. The molecule has 0 fully saturated rings. The maximum atomic E-state index is 14.3.